The fourth-order valence-corrected chi connectivity index (χ4v) is 3.34. The van der Waals surface area contributed by atoms with Gasteiger partial charge in [0.05, 0.1) is 23.5 Å². The van der Waals surface area contributed by atoms with Gasteiger partial charge in [0, 0.05) is 17.3 Å². The van der Waals surface area contributed by atoms with Gasteiger partial charge in [-0.05, 0) is 49.6 Å². The molecule has 5 heteroatoms. The van der Waals surface area contributed by atoms with Crippen molar-refractivity contribution >= 4 is 17.5 Å². The molecule has 4 nitrogen and oxygen atoms in total. The third-order valence-corrected chi connectivity index (χ3v) is 5.05. The molecule has 1 aliphatic rings. The van der Waals surface area contributed by atoms with Crippen LogP contribution in [-0.4, -0.2) is 26.6 Å². The van der Waals surface area contributed by atoms with Crippen LogP contribution in [0.2, 0.25) is 5.02 Å². The van der Waals surface area contributed by atoms with E-state index in [1.165, 1.54) is 0 Å². The Labute approximate surface area is 158 Å². The van der Waals surface area contributed by atoms with Crippen molar-refractivity contribution in [1.82, 2.24) is 14.7 Å². The fraction of sp³-hybridized carbons (Fsp3) is 0.238. The monoisotopic (exact) mass is 365 g/mol. The zero-order valence-electron chi connectivity index (χ0n) is 14.5. The van der Waals surface area contributed by atoms with Crippen LogP contribution in [0, 0.1) is 0 Å². The van der Waals surface area contributed by atoms with Crippen LogP contribution in [0.4, 0.5) is 0 Å². The van der Waals surface area contributed by atoms with E-state index in [4.69, 9.17) is 11.6 Å². The largest absolute Gasteiger partial charge is 0.329 e. The van der Waals surface area contributed by atoms with Crippen LogP contribution in [0.3, 0.4) is 0 Å². The van der Waals surface area contributed by atoms with E-state index in [1.807, 2.05) is 65.7 Å². The van der Waals surface area contributed by atoms with Gasteiger partial charge in [0.2, 0.25) is 0 Å². The topological polar surface area (TPSA) is 38.1 Å². The summed E-state index contributed by atoms with van der Waals surface area (Å²) in [5, 5.41) is 5.07. The summed E-state index contributed by atoms with van der Waals surface area (Å²) in [5.74, 6) is 0.0251. The summed E-state index contributed by atoms with van der Waals surface area (Å²) < 4.78 is 1.74. The molecular formula is C21H20ClN3O. The van der Waals surface area contributed by atoms with Crippen LogP contribution in [0.1, 0.15) is 41.7 Å². The van der Waals surface area contributed by atoms with E-state index >= 15 is 0 Å². The molecule has 0 aliphatic heterocycles. The van der Waals surface area contributed by atoms with Crippen LogP contribution in [0.25, 0.3) is 5.69 Å². The highest BCUT2D eigenvalue weighted by Gasteiger charge is 2.37. The number of para-hydroxylation sites is 1. The molecule has 0 bridgehead atoms. The Hall–Kier alpha value is -2.59. The van der Waals surface area contributed by atoms with Gasteiger partial charge in [-0.2, -0.15) is 5.10 Å². The normalized spacial score (nSPS) is 14.8. The average molecular weight is 366 g/mol. The molecule has 0 radical (unpaired) electrons. The van der Waals surface area contributed by atoms with Gasteiger partial charge in [-0.1, -0.05) is 41.9 Å². The summed E-state index contributed by atoms with van der Waals surface area (Å²) in [4.78, 5) is 15.2. The fourth-order valence-electron chi connectivity index (χ4n) is 3.22. The highest BCUT2D eigenvalue weighted by atomic mass is 35.5. The van der Waals surface area contributed by atoms with Crippen LogP contribution >= 0.6 is 11.6 Å². The second-order valence-electron chi connectivity index (χ2n) is 6.68. The molecule has 3 aromatic rings. The van der Waals surface area contributed by atoms with Gasteiger partial charge >= 0.3 is 0 Å². The van der Waals surface area contributed by atoms with Crippen LogP contribution in [0.15, 0.2) is 67.0 Å². The van der Waals surface area contributed by atoms with Gasteiger partial charge < -0.3 is 4.90 Å². The Bertz CT molecular complexity index is 901. The number of carbonyl (C=O) groups excluding carboxylic acids is 1. The van der Waals surface area contributed by atoms with E-state index in [-0.39, 0.29) is 11.9 Å². The van der Waals surface area contributed by atoms with Gasteiger partial charge in [0.25, 0.3) is 5.91 Å². The summed E-state index contributed by atoms with van der Waals surface area (Å²) in [7, 11) is 0. The first-order valence-electron chi connectivity index (χ1n) is 8.82. The minimum absolute atomic E-state index is 0.00709. The summed E-state index contributed by atoms with van der Waals surface area (Å²) in [6.07, 6.45) is 5.56. The molecule has 26 heavy (non-hydrogen) atoms. The number of nitrogens with zero attached hydrogens (tertiary/aromatic N) is 3. The Morgan fingerprint density at radius 2 is 1.85 bits per heavy atom. The Morgan fingerprint density at radius 1 is 1.15 bits per heavy atom. The standard InChI is InChI=1S/C21H20ClN3O/c1-15(16-7-9-18(22)10-8-16)25(20-11-12-20)21(26)17-13-23-24(14-17)19-5-3-2-4-6-19/h2-10,13-15,20H,11-12H2,1H3/t15-/m1/s1. The number of hydrogen-bond donors (Lipinski definition) is 0. The molecule has 1 heterocycles. The molecular weight excluding hydrogens is 346 g/mol. The molecule has 1 aliphatic carbocycles. The summed E-state index contributed by atoms with van der Waals surface area (Å²) in [6, 6.07) is 17.8. The molecule has 1 amide bonds. The number of hydrogen-bond acceptors (Lipinski definition) is 2. The minimum atomic E-state index is -0.00709. The van der Waals surface area contributed by atoms with Crippen molar-refractivity contribution < 1.29 is 4.79 Å². The predicted octanol–water partition coefficient (Wildman–Crippen LogP) is 4.89. The molecule has 1 saturated carbocycles. The van der Waals surface area contributed by atoms with Crippen molar-refractivity contribution in [3.8, 4) is 5.69 Å². The third kappa shape index (κ3) is 3.37. The van der Waals surface area contributed by atoms with Gasteiger partial charge in [0.1, 0.15) is 0 Å². The third-order valence-electron chi connectivity index (χ3n) is 4.79. The molecule has 4 rings (SSSR count). The van der Waals surface area contributed by atoms with E-state index in [0.717, 1.165) is 24.1 Å². The molecule has 0 unspecified atom stereocenters. The van der Waals surface area contributed by atoms with E-state index < -0.39 is 0 Å². The number of aromatic nitrogens is 2. The highest BCUT2D eigenvalue weighted by molar-refractivity contribution is 6.30. The molecule has 0 N–H and O–H groups in total. The lowest BCUT2D eigenvalue weighted by Gasteiger charge is -2.29. The van der Waals surface area contributed by atoms with Crippen molar-refractivity contribution in [2.24, 2.45) is 0 Å². The molecule has 2 aromatic carbocycles. The van der Waals surface area contributed by atoms with Crippen molar-refractivity contribution in [2.75, 3.05) is 0 Å². The van der Waals surface area contributed by atoms with Crippen molar-refractivity contribution in [3.63, 3.8) is 0 Å². The number of carbonyl (C=O) groups is 1. The minimum Gasteiger partial charge on any atom is -0.329 e. The molecule has 0 spiro atoms. The summed E-state index contributed by atoms with van der Waals surface area (Å²) >= 11 is 6.00. The summed E-state index contributed by atoms with van der Waals surface area (Å²) in [6.45, 7) is 2.07. The summed E-state index contributed by atoms with van der Waals surface area (Å²) in [5.41, 5.74) is 2.64. The van der Waals surface area contributed by atoms with Crippen molar-refractivity contribution in [2.45, 2.75) is 31.8 Å². The van der Waals surface area contributed by atoms with Crippen LogP contribution in [-0.2, 0) is 0 Å². The average Bonchev–Trinajstić information content (AvgIpc) is 3.37. The first kappa shape index (κ1) is 16.9. The van der Waals surface area contributed by atoms with Gasteiger partial charge in [-0.25, -0.2) is 4.68 Å². The number of rotatable bonds is 5. The van der Waals surface area contributed by atoms with Crippen molar-refractivity contribution in [3.05, 3.63) is 83.1 Å². The van der Waals surface area contributed by atoms with E-state index in [2.05, 4.69) is 12.0 Å². The predicted molar refractivity (Wildman–Crippen MR) is 103 cm³/mol. The number of halogens is 1. The van der Waals surface area contributed by atoms with E-state index in [1.54, 1.807) is 10.9 Å². The Morgan fingerprint density at radius 3 is 2.50 bits per heavy atom. The smallest absolute Gasteiger partial charge is 0.257 e. The first-order chi connectivity index (χ1) is 12.6. The van der Waals surface area contributed by atoms with Crippen molar-refractivity contribution in [1.29, 1.82) is 0 Å². The molecule has 1 atom stereocenters. The second kappa shape index (κ2) is 6.96. The maximum absolute atomic E-state index is 13.2. The maximum atomic E-state index is 13.2. The molecule has 1 aromatic heterocycles. The van der Waals surface area contributed by atoms with Crippen LogP contribution < -0.4 is 0 Å². The molecule has 132 valence electrons. The number of amides is 1. The molecule has 0 saturated heterocycles. The lowest BCUT2D eigenvalue weighted by atomic mass is 10.1. The lowest BCUT2D eigenvalue weighted by Crippen LogP contribution is -2.35. The Kier molecular flexibility index (Phi) is 4.51. The quantitative estimate of drug-likeness (QED) is 0.645. The first-order valence-corrected chi connectivity index (χ1v) is 9.19. The van der Waals surface area contributed by atoms with Gasteiger partial charge in [-0.15, -0.1) is 0 Å². The van der Waals surface area contributed by atoms with Crippen LogP contribution in [0.5, 0.6) is 0 Å². The lowest BCUT2D eigenvalue weighted by molar-refractivity contribution is 0.0674. The molecule has 1 fully saturated rings. The zero-order chi connectivity index (χ0) is 18.1. The SMILES string of the molecule is C[C@H](c1ccc(Cl)cc1)N(C(=O)c1cnn(-c2ccccc2)c1)C1CC1. The van der Waals surface area contributed by atoms with E-state index in [9.17, 15) is 4.79 Å². The zero-order valence-corrected chi connectivity index (χ0v) is 15.3. The second-order valence-corrected chi connectivity index (χ2v) is 7.12. The number of benzene rings is 2. The van der Waals surface area contributed by atoms with Gasteiger partial charge in [-0.3, -0.25) is 4.79 Å². The highest BCUT2D eigenvalue weighted by Crippen LogP contribution is 2.36. The van der Waals surface area contributed by atoms with E-state index in [0.29, 0.717) is 16.6 Å². The maximum Gasteiger partial charge on any atom is 0.257 e. The van der Waals surface area contributed by atoms with Gasteiger partial charge in [0.15, 0.2) is 0 Å². The Balaban J connectivity index is 1.60.